The van der Waals surface area contributed by atoms with E-state index in [-0.39, 0.29) is 11.5 Å². The number of H-pyrrole nitrogens is 1. The molecule has 0 atom stereocenters. The number of benzene rings is 3. The molecule has 0 radical (unpaired) electrons. The molecule has 0 saturated heterocycles. The van der Waals surface area contributed by atoms with Gasteiger partial charge in [0.25, 0.3) is 0 Å². The molecule has 6 heteroatoms. The second-order valence-corrected chi connectivity index (χ2v) is 8.01. The quantitative estimate of drug-likeness (QED) is 0.342. The zero-order valence-electron chi connectivity index (χ0n) is 15.8. The SMILES string of the molecule is Nc1cn[nH]c1-c1ccc(-c2c(C(=O)c3ccccc3)sc3cc(O)ccc23)cc1. The molecule has 0 saturated carbocycles. The van der Waals surface area contributed by atoms with Gasteiger partial charge in [-0.25, -0.2) is 0 Å². The number of hydrogen-bond donors (Lipinski definition) is 3. The monoisotopic (exact) mass is 411 g/mol. The molecule has 0 aliphatic heterocycles. The predicted octanol–water partition coefficient (Wildman–Crippen LogP) is 5.48. The summed E-state index contributed by atoms with van der Waals surface area (Å²) in [5.41, 5.74) is 10.7. The van der Waals surface area contributed by atoms with Crippen molar-refractivity contribution in [3.63, 3.8) is 0 Å². The minimum atomic E-state index is -0.0341. The topological polar surface area (TPSA) is 92.0 Å². The second kappa shape index (κ2) is 7.17. The number of thiophene rings is 1. The van der Waals surface area contributed by atoms with Crippen molar-refractivity contribution in [3.8, 4) is 28.1 Å². The van der Waals surface area contributed by atoms with Gasteiger partial charge in [-0.2, -0.15) is 5.10 Å². The number of nitrogens with one attached hydrogen (secondary N) is 1. The standard InChI is InChI=1S/C24H17N3O2S/c25-19-13-26-27-22(19)15-8-6-14(7-9-15)21-18-11-10-17(28)12-20(18)30-24(21)23(29)16-4-2-1-3-5-16/h1-13,28H,25H2,(H,26,27). The maximum absolute atomic E-state index is 13.3. The molecule has 0 aliphatic rings. The molecule has 30 heavy (non-hydrogen) atoms. The molecule has 5 aromatic rings. The van der Waals surface area contributed by atoms with Crippen LogP contribution in [0.15, 0.2) is 79.0 Å². The Morgan fingerprint density at radius 1 is 0.967 bits per heavy atom. The highest BCUT2D eigenvalue weighted by Crippen LogP contribution is 2.41. The Labute approximate surface area is 176 Å². The zero-order chi connectivity index (χ0) is 20.7. The number of hydrogen-bond acceptors (Lipinski definition) is 5. The molecule has 0 unspecified atom stereocenters. The van der Waals surface area contributed by atoms with Crippen LogP contribution in [0.4, 0.5) is 5.69 Å². The Hall–Kier alpha value is -3.90. The average Bonchev–Trinajstić information content (AvgIpc) is 3.37. The molecular weight excluding hydrogens is 394 g/mol. The molecule has 146 valence electrons. The number of aromatic amines is 1. The molecule has 0 bridgehead atoms. The average molecular weight is 411 g/mol. The number of nitrogens with zero attached hydrogens (tertiary/aromatic N) is 1. The lowest BCUT2D eigenvalue weighted by molar-refractivity contribution is 0.104. The Kier molecular flexibility index (Phi) is 4.34. The summed E-state index contributed by atoms with van der Waals surface area (Å²) in [6.45, 7) is 0. The first-order valence-corrected chi connectivity index (χ1v) is 10.2. The lowest BCUT2D eigenvalue weighted by atomic mass is 9.97. The van der Waals surface area contributed by atoms with E-state index in [9.17, 15) is 9.90 Å². The molecule has 2 aromatic heterocycles. The summed E-state index contributed by atoms with van der Waals surface area (Å²) in [5.74, 6) is 0.146. The van der Waals surface area contributed by atoms with E-state index in [4.69, 9.17) is 5.73 Å². The van der Waals surface area contributed by atoms with E-state index in [0.717, 1.165) is 32.5 Å². The van der Waals surface area contributed by atoms with E-state index in [1.54, 1.807) is 18.3 Å². The van der Waals surface area contributed by atoms with Crippen LogP contribution in [0.5, 0.6) is 5.75 Å². The van der Waals surface area contributed by atoms with Crippen molar-refractivity contribution in [2.45, 2.75) is 0 Å². The second-order valence-electron chi connectivity index (χ2n) is 6.96. The maximum Gasteiger partial charge on any atom is 0.203 e. The fourth-order valence-electron chi connectivity index (χ4n) is 3.58. The van der Waals surface area contributed by atoms with Gasteiger partial charge in [-0.1, -0.05) is 54.6 Å². The summed E-state index contributed by atoms with van der Waals surface area (Å²) < 4.78 is 0.867. The normalized spacial score (nSPS) is 11.1. The van der Waals surface area contributed by atoms with E-state index in [0.29, 0.717) is 16.1 Å². The van der Waals surface area contributed by atoms with E-state index in [1.165, 1.54) is 11.3 Å². The van der Waals surface area contributed by atoms with Gasteiger partial charge < -0.3 is 10.8 Å². The van der Waals surface area contributed by atoms with Crippen LogP contribution in [0.2, 0.25) is 0 Å². The zero-order valence-corrected chi connectivity index (χ0v) is 16.6. The summed E-state index contributed by atoms with van der Waals surface area (Å²) in [5, 5.41) is 17.7. The van der Waals surface area contributed by atoms with Crippen molar-refractivity contribution >= 4 is 32.9 Å². The van der Waals surface area contributed by atoms with Gasteiger partial charge in [0.1, 0.15) is 5.75 Å². The van der Waals surface area contributed by atoms with Gasteiger partial charge in [0.2, 0.25) is 5.78 Å². The van der Waals surface area contributed by atoms with Crippen LogP contribution >= 0.6 is 11.3 Å². The van der Waals surface area contributed by atoms with Crippen LogP contribution in [0.1, 0.15) is 15.2 Å². The number of aromatic hydroxyl groups is 1. The third kappa shape index (κ3) is 3.03. The van der Waals surface area contributed by atoms with Crippen LogP contribution < -0.4 is 5.73 Å². The van der Waals surface area contributed by atoms with Crippen molar-refractivity contribution in [1.29, 1.82) is 0 Å². The summed E-state index contributed by atoms with van der Waals surface area (Å²) in [6.07, 6.45) is 1.58. The molecule has 5 rings (SSSR count). The van der Waals surface area contributed by atoms with Gasteiger partial charge >= 0.3 is 0 Å². The fraction of sp³-hybridized carbons (Fsp3) is 0. The third-order valence-corrected chi connectivity index (χ3v) is 6.20. The molecule has 5 nitrogen and oxygen atoms in total. The number of fused-ring (bicyclic) bond motifs is 1. The largest absolute Gasteiger partial charge is 0.508 e. The highest BCUT2D eigenvalue weighted by Gasteiger charge is 2.21. The van der Waals surface area contributed by atoms with Gasteiger partial charge in [0, 0.05) is 26.8 Å². The van der Waals surface area contributed by atoms with Crippen LogP contribution in [0, 0.1) is 0 Å². The van der Waals surface area contributed by atoms with Crippen LogP contribution in [-0.2, 0) is 0 Å². The van der Waals surface area contributed by atoms with Crippen molar-refractivity contribution in [1.82, 2.24) is 10.2 Å². The van der Waals surface area contributed by atoms with Gasteiger partial charge in [0.05, 0.1) is 22.5 Å². The Balaban J connectivity index is 1.68. The lowest BCUT2D eigenvalue weighted by Crippen LogP contribution is -2.00. The number of phenols is 1. The summed E-state index contributed by atoms with van der Waals surface area (Å²) in [4.78, 5) is 14.0. The minimum Gasteiger partial charge on any atom is -0.508 e. The predicted molar refractivity (Wildman–Crippen MR) is 121 cm³/mol. The van der Waals surface area contributed by atoms with Crippen molar-refractivity contribution in [2.75, 3.05) is 5.73 Å². The van der Waals surface area contributed by atoms with Crippen LogP contribution in [0.3, 0.4) is 0 Å². The molecule has 0 aliphatic carbocycles. The number of carbonyl (C=O) groups excluding carboxylic acids is 1. The first kappa shape index (κ1) is 18.1. The number of anilines is 1. The Bertz CT molecular complexity index is 1370. The Morgan fingerprint density at radius 2 is 1.70 bits per heavy atom. The number of carbonyl (C=O) groups is 1. The molecule has 0 spiro atoms. The van der Waals surface area contributed by atoms with Crippen molar-refractivity contribution < 1.29 is 9.90 Å². The highest BCUT2D eigenvalue weighted by molar-refractivity contribution is 7.21. The lowest BCUT2D eigenvalue weighted by Gasteiger charge is -2.07. The highest BCUT2D eigenvalue weighted by atomic mass is 32.1. The van der Waals surface area contributed by atoms with E-state index < -0.39 is 0 Å². The number of ketones is 1. The summed E-state index contributed by atoms with van der Waals surface area (Å²) in [6, 6.07) is 22.3. The summed E-state index contributed by atoms with van der Waals surface area (Å²) >= 11 is 1.39. The van der Waals surface area contributed by atoms with E-state index >= 15 is 0 Å². The van der Waals surface area contributed by atoms with Crippen LogP contribution in [0.25, 0.3) is 32.5 Å². The first-order valence-electron chi connectivity index (χ1n) is 9.37. The Morgan fingerprint density at radius 3 is 2.40 bits per heavy atom. The molecule has 4 N–H and O–H groups in total. The van der Waals surface area contributed by atoms with Crippen molar-refractivity contribution in [2.24, 2.45) is 0 Å². The fourth-order valence-corrected chi connectivity index (χ4v) is 4.80. The van der Waals surface area contributed by atoms with E-state index in [2.05, 4.69) is 10.2 Å². The van der Waals surface area contributed by atoms with Crippen LogP contribution in [-0.4, -0.2) is 21.1 Å². The van der Waals surface area contributed by atoms with Gasteiger partial charge in [-0.05, 0) is 23.8 Å². The third-order valence-electron chi connectivity index (χ3n) is 5.05. The molecular formula is C24H17N3O2S. The molecule has 0 fully saturated rings. The number of nitrogens with two attached hydrogens (primary N) is 1. The van der Waals surface area contributed by atoms with E-state index in [1.807, 2.05) is 60.7 Å². The van der Waals surface area contributed by atoms with Gasteiger partial charge in [-0.3, -0.25) is 9.89 Å². The molecule has 0 amide bonds. The molecule has 3 aromatic carbocycles. The number of phenolic OH excluding ortho intramolecular Hbond substituents is 1. The maximum atomic E-state index is 13.3. The first-order chi connectivity index (χ1) is 14.6. The molecule has 2 heterocycles. The minimum absolute atomic E-state index is 0.0341. The number of nitrogen functional groups attached to an aromatic ring is 1. The van der Waals surface area contributed by atoms with Crippen molar-refractivity contribution in [3.05, 3.63) is 89.4 Å². The number of aromatic nitrogens is 2. The van der Waals surface area contributed by atoms with Gasteiger partial charge in [-0.15, -0.1) is 11.3 Å². The smallest absolute Gasteiger partial charge is 0.203 e. The summed E-state index contributed by atoms with van der Waals surface area (Å²) in [7, 11) is 0. The number of rotatable bonds is 4. The van der Waals surface area contributed by atoms with Gasteiger partial charge in [0.15, 0.2) is 0 Å².